The molecular weight excluding hydrogens is 554 g/mol. The highest BCUT2D eigenvalue weighted by Gasteiger charge is 2.24. The Morgan fingerprint density at radius 1 is 1.15 bits per heavy atom. The summed E-state index contributed by atoms with van der Waals surface area (Å²) in [4.78, 5) is 17.5. The van der Waals surface area contributed by atoms with E-state index in [1.165, 1.54) is 23.9 Å². The van der Waals surface area contributed by atoms with Gasteiger partial charge >= 0.3 is 0 Å². The second-order valence-corrected chi connectivity index (χ2v) is 9.46. The highest BCUT2D eigenvalue weighted by molar-refractivity contribution is 14.1. The number of aliphatic imine (C=N–C) groups is 1. The van der Waals surface area contributed by atoms with Crippen LogP contribution >= 0.6 is 34.4 Å². The Hall–Kier alpha value is -2.85. The standard InChI is InChI=1S/C25H20FIN2O3S/c1-15-6-8-19(9-7-15)28-25-29-24(30)22(33-25)13-17-11-20(27)23(21(12-17)31-2)32-14-16-4-3-5-18(26)10-16/h3-13H,14H2,1-2H3,(H,28,29,30)/b22-13-. The molecule has 1 fully saturated rings. The van der Waals surface area contributed by atoms with E-state index in [9.17, 15) is 9.18 Å². The van der Waals surface area contributed by atoms with Crippen LogP contribution in [-0.4, -0.2) is 18.2 Å². The number of nitrogens with zero attached hydrogens (tertiary/aromatic N) is 1. The van der Waals surface area contributed by atoms with Crippen LogP contribution in [0.15, 0.2) is 70.6 Å². The van der Waals surface area contributed by atoms with Crippen LogP contribution in [0.1, 0.15) is 16.7 Å². The third-order valence-electron chi connectivity index (χ3n) is 4.74. The van der Waals surface area contributed by atoms with Gasteiger partial charge in [0.2, 0.25) is 0 Å². The number of thioether (sulfide) groups is 1. The van der Waals surface area contributed by atoms with Crippen LogP contribution < -0.4 is 14.8 Å². The van der Waals surface area contributed by atoms with Crippen molar-refractivity contribution in [2.45, 2.75) is 13.5 Å². The minimum atomic E-state index is -0.308. The SMILES string of the molecule is COc1cc(/C=C2\SC(=Nc3ccc(C)cc3)NC2=O)cc(I)c1OCc1cccc(F)c1. The molecule has 1 aliphatic heterocycles. The highest BCUT2D eigenvalue weighted by atomic mass is 127. The maximum Gasteiger partial charge on any atom is 0.264 e. The fourth-order valence-corrected chi connectivity index (χ4v) is 4.74. The van der Waals surface area contributed by atoms with Crippen molar-refractivity contribution in [3.8, 4) is 11.5 Å². The number of ether oxygens (including phenoxy) is 2. The van der Waals surface area contributed by atoms with Crippen LogP contribution in [0.3, 0.4) is 0 Å². The number of carbonyl (C=O) groups excluding carboxylic acids is 1. The fourth-order valence-electron chi connectivity index (χ4n) is 3.11. The van der Waals surface area contributed by atoms with E-state index in [0.29, 0.717) is 21.6 Å². The molecule has 0 radical (unpaired) electrons. The molecule has 0 atom stereocenters. The first-order valence-electron chi connectivity index (χ1n) is 10.0. The molecule has 8 heteroatoms. The van der Waals surface area contributed by atoms with Crippen molar-refractivity contribution >= 4 is 57.2 Å². The average molecular weight is 574 g/mol. The summed E-state index contributed by atoms with van der Waals surface area (Å²) in [5.74, 6) is 0.584. The van der Waals surface area contributed by atoms with E-state index in [2.05, 4.69) is 32.9 Å². The summed E-state index contributed by atoms with van der Waals surface area (Å²) < 4.78 is 25.7. The Labute approximate surface area is 209 Å². The number of halogens is 2. The number of nitrogens with one attached hydrogen (secondary N) is 1. The molecule has 0 bridgehead atoms. The van der Waals surface area contributed by atoms with E-state index in [1.807, 2.05) is 37.3 Å². The van der Waals surface area contributed by atoms with E-state index in [-0.39, 0.29) is 18.3 Å². The normalized spacial score (nSPS) is 15.7. The number of methoxy groups -OCH3 is 1. The van der Waals surface area contributed by atoms with Crippen molar-refractivity contribution in [1.82, 2.24) is 5.32 Å². The van der Waals surface area contributed by atoms with Crippen molar-refractivity contribution in [2.75, 3.05) is 7.11 Å². The van der Waals surface area contributed by atoms with Crippen molar-refractivity contribution < 1.29 is 18.7 Å². The summed E-state index contributed by atoms with van der Waals surface area (Å²) >= 11 is 3.44. The van der Waals surface area contributed by atoms with E-state index >= 15 is 0 Å². The molecule has 3 aromatic carbocycles. The van der Waals surface area contributed by atoms with Gasteiger partial charge in [-0.2, -0.15) is 0 Å². The lowest BCUT2D eigenvalue weighted by Crippen LogP contribution is -2.19. The number of aryl methyl sites for hydroxylation is 1. The number of amidine groups is 1. The average Bonchev–Trinajstić information content (AvgIpc) is 3.12. The second-order valence-electron chi connectivity index (χ2n) is 7.27. The van der Waals surface area contributed by atoms with Gasteiger partial charge in [-0.05, 0) is 94.9 Å². The third-order valence-corrected chi connectivity index (χ3v) is 6.45. The van der Waals surface area contributed by atoms with Gasteiger partial charge in [-0.15, -0.1) is 0 Å². The molecular formula is C25H20FIN2O3S. The van der Waals surface area contributed by atoms with E-state index < -0.39 is 0 Å². The van der Waals surface area contributed by atoms with Crippen LogP contribution in [0.2, 0.25) is 0 Å². The molecule has 1 heterocycles. The zero-order valence-corrected chi connectivity index (χ0v) is 20.9. The quantitative estimate of drug-likeness (QED) is 0.281. The van der Waals surface area contributed by atoms with E-state index in [0.717, 1.165) is 25.9 Å². The smallest absolute Gasteiger partial charge is 0.264 e. The lowest BCUT2D eigenvalue weighted by Gasteiger charge is -2.14. The molecule has 3 aromatic rings. The summed E-state index contributed by atoms with van der Waals surface area (Å²) in [5.41, 5.74) is 3.44. The van der Waals surface area contributed by atoms with Crippen LogP contribution in [0.4, 0.5) is 10.1 Å². The number of amides is 1. The van der Waals surface area contributed by atoms with Gasteiger partial charge in [0, 0.05) is 0 Å². The second kappa shape index (κ2) is 10.4. The van der Waals surface area contributed by atoms with Crippen molar-refractivity contribution in [1.29, 1.82) is 0 Å². The maximum absolute atomic E-state index is 13.4. The summed E-state index contributed by atoms with van der Waals surface area (Å²) in [7, 11) is 1.56. The first kappa shape index (κ1) is 23.3. The first-order valence-corrected chi connectivity index (χ1v) is 11.9. The fraction of sp³-hybridized carbons (Fsp3) is 0.120. The van der Waals surface area contributed by atoms with Gasteiger partial charge in [-0.3, -0.25) is 4.79 Å². The van der Waals surface area contributed by atoms with Crippen LogP contribution in [0, 0.1) is 16.3 Å². The van der Waals surface area contributed by atoms with Gasteiger partial charge in [0.25, 0.3) is 5.91 Å². The molecule has 1 amide bonds. The first-order chi connectivity index (χ1) is 15.9. The van der Waals surface area contributed by atoms with Gasteiger partial charge in [-0.25, -0.2) is 9.38 Å². The molecule has 1 saturated heterocycles. The number of hydrogen-bond donors (Lipinski definition) is 1. The predicted molar refractivity (Wildman–Crippen MR) is 138 cm³/mol. The Morgan fingerprint density at radius 3 is 2.67 bits per heavy atom. The predicted octanol–water partition coefficient (Wildman–Crippen LogP) is 6.22. The Balaban J connectivity index is 1.53. The molecule has 5 nitrogen and oxygen atoms in total. The highest BCUT2D eigenvalue weighted by Crippen LogP contribution is 2.36. The van der Waals surface area contributed by atoms with Gasteiger partial charge in [-0.1, -0.05) is 29.8 Å². The molecule has 1 aliphatic rings. The molecule has 168 valence electrons. The Morgan fingerprint density at radius 2 is 1.94 bits per heavy atom. The molecule has 0 aliphatic carbocycles. The molecule has 0 unspecified atom stereocenters. The summed E-state index contributed by atoms with van der Waals surface area (Å²) in [6.45, 7) is 2.22. The number of rotatable bonds is 6. The van der Waals surface area contributed by atoms with Gasteiger partial charge in [0.05, 0.1) is 21.3 Å². The monoisotopic (exact) mass is 574 g/mol. The van der Waals surface area contributed by atoms with Gasteiger partial charge in [0.1, 0.15) is 12.4 Å². The van der Waals surface area contributed by atoms with Gasteiger partial charge in [0.15, 0.2) is 16.7 Å². The number of carbonyl (C=O) groups is 1. The Kier molecular flexibility index (Phi) is 7.34. The molecule has 4 rings (SSSR count). The number of hydrogen-bond acceptors (Lipinski definition) is 5. The molecule has 0 aromatic heterocycles. The largest absolute Gasteiger partial charge is 0.493 e. The van der Waals surface area contributed by atoms with Crippen LogP contribution in [-0.2, 0) is 11.4 Å². The minimum absolute atomic E-state index is 0.203. The van der Waals surface area contributed by atoms with Crippen molar-refractivity contribution in [2.24, 2.45) is 4.99 Å². The Bertz CT molecular complexity index is 1260. The summed E-state index contributed by atoms with van der Waals surface area (Å²) in [5, 5.41) is 3.34. The van der Waals surface area contributed by atoms with E-state index in [1.54, 1.807) is 31.4 Å². The molecule has 0 spiro atoms. The summed E-state index contributed by atoms with van der Waals surface area (Å²) in [6, 6.07) is 17.7. The summed E-state index contributed by atoms with van der Waals surface area (Å²) in [6.07, 6.45) is 1.79. The third kappa shape index (κ3) is 5.94. The zero-order chi connectivity index (χ0) is 23.4. The lowest BCUT2D eigenvalue weighted by molar-refractivity contribution is -0.115. The number of benzene rings is 3. The van der Waals surface area contributed by atoms with Crippen LogP contribution in [0.25, 0.3) is 6.08 Å². The molecule has 0 saturated carbocycles. The lowest BCUT2D eigenvalue weighted by atomic mass is 10.2. The maximum atomic E-state index is 13.4. The van der Waals surface area contributed by atoms with E-state index in [4.69, 9.17) is 9.47 Å². The zero-order valence-electron chi connectivity index (χ0n) is 17.9. The topological polar surface area (TPSA) is 59.9 Å². The van der Waals surface area contributed by atoms with Crippen LogP contribution in [0.5, 0.6) is 11.5 Å². The van der Waals surface area contributed by atoms with Crippen molar-refractivity contribution in [3.63, 3.8) is 0 Å². The van der Waals surface area contributed by atoms with Crippen molar-refractivity contribution in [3.05, 3.63) is 91.6 Å². The molecule has 1 N–H and O–H groups in total. The minimum Gasteiger partial charge on any atom is -0.493 e. The van der Waals surface area contributed by atoms with Gasteiger partial charge < -0.3 is 14.8 Å². The molecule has 33 heavy (non-hydrogen) atoms.